The highest BCUT2D eigenvalue weighted by molar-refractivity contribution is 8.18. The molecule has 1 saturated heterocycles. The van der Waals surface area contributed by atoms with Gasteiger partial charge in [0.1, 0.15) is 10.6 Å². The zero-order valence-electron chi connectivity index (χ0n) is 21.9. The van der Waals surface area contributed by atoms with Crippen LogP contribution in [-0.4, -0.2) is 52.5 Å². The number of rotatable bonds is 8. The molecule has 5 rings (SSSR count). The van der Waals surface area contributed by atoms with Crippen molar-refractivity contribution in [2.45, 2.75) is 31.5 Å². The Balaban J connectivity index is 1.29. The van der Waals surface area contributed by atoms with Crippen LogP contribution in [0.4, 0.5) is 18.0 Å². The third-order valence-electron chi connectivity index (χ3n) is 6.40. The predicted octanol–water partition coefficient (Wildman–Crippen LogP) is 5.38. The summed E-state index contributed by atoms with van der Waals surface area (Å²) in [6, 6.07) is 8.57. The van der Waals surface area contributed by atoms with Gasteiger partial charge in [-0.3, -0.25) is 19.2 Å². The molecule has 2 aromatic heterocycles. The predicted molar refractivity (Wildman–Crippen MR) is 149 cm³/mol. The molecule has 10 nitrogen and oxygen atoms in total. The third-order valence-corrected chi connectivity index (χ3v) is 9.25. The van der Waals surface area contributed by atoms with Gasteiger partial charge in [-0.2, -0.15) is 18.3 Å². The molecule has 3 heterocycles. The van der Waals surface area contributed by atoms with Crippen LogP contribution in [-0.2, 0) is 27.5 Å². The zero-order chi connectivity index (χ0) is 30.4. The lowest BCUT2D eigenvalue weighted by Gasteiger charge is -2.14. The van der Waals surface area contributed by atoms with E-state index in [4.69, 9.17) is 16.1 Å². The van der Waals surface area contributed by atoms with E-state index in [2.05, 4.69) is 15.0 Å². The molecule has 2 aromatic carbocycles. The quantitative estimate of drug-likeness (QED) is 0.255. The minimum atomic E-state index is -4.58. The average molecular weight is 640 g/mol. The van der Waals surface area contributed by atoms with Gasteiger partial charge in [0, 0.05) is 23.5 Å². The van der Waals surface area contributed by atoms with E-state index in [1.165, 1.54) is 42.9 Å². The first-order valence-corrected chi connectivity index (χ1v) is 14.9. The van der Waals surface area contributed by atoms with Crippen LogP contribution in [0.1, 0.15) is 28.1 Å². The first-order valence-electron chi connectivity index (χ1n) is 12.2. The highest BCUT2D eigenvalue weighted by atomic mass is 35.5. The number of nitrogens with zero attached hydrogens (tertiary/aromatic N) is 4. The van der Waals surface area contributed by atoms with Gasteiger partial charge in [-0.15, -0.1) is 0 Å². The molecular formula is C26H21ClF3N5O5S2. The van der Waals surface area contributed by atoms with Gasteiger partial charge in [0.15, 0.2) is 5.76 Å². The van der Waals surface area contributed by atoms with Gasteiger partial charge in [0.2, 0.25) is 10.0 Å². The molecule has 1 aliphatic rings. The summed E-state index contributed by atoms with van der Waals surface area (Å²) in [6.45, 7) is 2.39. The van der Waals surface area contributed by atoms with Crippen molar-refractivity contribution < 1.29 is 35.7 Å². The van der Waals surface area contributed by atoms with Crippen molar-refractivity contribution in [1.82, 2.24) is 24.6 Å². The Morgan fingerprint density at radius 1 is 1.14 bits per heavy atom. The smallest absolute Gasteiger partial charge is 0.360 e. The second-order valence-corrected chi connectivity index (χ2v) is 12.4. The van der Waals surface area contributed by atoms with E-state index < -0.39 is 32.9 Å². The maximum Gasteiger partial charge on any atom is 0.416 e. The molecule has 1 N–H and O–H groups in total. The first-order chi connectivity index (χ1) is 19.7. The Kier molecular flexibility index (Phi) is 7.96. The number of aryl methyl sites for hydroxylation is 2. The van der Waals surface area contributed by atoms with Gasteiger partial charge in [0.25, 0.3) is 11.1 Å². The molecule has 4 aromatic rings. The normalized spacial score (nSPS) is 15.5. The summed E-state index contributed by atoms with van der Waals surface area (Å²) < 4.78 is 74.4. The van der Waals surface area contributed by atoms with Gasteiger partial charge in [0.05, 0.1) is 28.7 Å². The van der Waals surface area contributed by atoms with E-state index >= 15 is 0 Å². The summed E-state index contributed by atoms with van der Waals surface area (Å²) >= 11 is 6.49. The number of fused-ring (bicyclic) bond motifs is 1. The number of alkyl halides is 3. The zero-order valence-corrected chi connectivity index (χ0v) is 24.3. The fourth-order valence-corrected chi connectivity index (χ4v) is 6.88. The van der Waals surface area contributed by atoms with Crippen molar-refractivity contribution >= 4 is 61.5 Å². The molecule has 0 radical (unpaired) electrons. The molecule has 16 heteroatoms. The summed E-state index contributed by atoms with van der Waals surface area (Å²) in [7, 11) is -3.96. The first kappa shape index (κ1) is 29.8. The van der Waals surface area contributed by atoms with E-state index in [0.717, 1.165) is 11.0 Å². The van der Waals surface area contributed by atoms with Crippen molar-refractivity contribution in [3.05, 3.63) is 80.7 Å². The molecule has 1 aliphatic heterocycles. The van der Waals surface area contributed by atoms with Crippen LogP contribution < -0.4 is 4.72 Å². The molecular weight excluding hydrogens is 619 g/mol. The van der Waals surface area contributed by atoms with Gasteiger partial charge in [-0.1, -0.05) is 28.9 Å². The van der Waals surface area contributed by atoms with Crippen LogP contribution >= 0.6 is 23.4 Å². The summed E-state index contributed by atoms with van der Waals surface area (Å²) in [5.74, 6) is -0.465. The molecule has 0 spiro atoms. The van der Waals surface area contributed by atoms with Crippen molar-refractivity contribution in [2.24, 2.45) is 0 Å². The third kappa shape index (κ3) is 5.95. The van der Waals surface area contributed by atoms with Crippen molar-refractivity contribution in [3.8, 4) is 0 Å². The average Bonchev–Trinajstić information content (AvgIpc) is 3.55. The molecule has 0 aliphatic carbocycles. The highest BCUT2D eigenvalue weighted by Gasteiger charge is 2.36. The molecule has 0 bridgehead atoms. The second-order valence-electron chi connectivity index (χ2n) is 9.30. The van der Waals surface area contributed by atoms with Crippen LogP contribution in [0.25, 0.3) is 17.0 Å². The standard InChI is InChI=1S/C26H21ClF3N5O5S2/c1-14-23(15(2)40-33-14)42(38,39)32-7-8-34-24(36)22(41-25(34)37)10-16-3-6-21-18(9-16)12-31-35(21)13-17-4-5-19(27)11-20(17)26(28,29)30/h3-6,9-12,32H,7-8,13H2,1-2H3. The van der Waals surface area contributed by atoms with Crippen LogP contribution in [0.2, 0.25) is 5.02 Å². The lowest BCUT2D eigenvalue weighted by atomic mass is 10.1. The summed E-state index contributed by atoms with van der Waals surface area (Å²) in [6.07, 6.45) is -1.58. The SMILES string of the molecule is Cc1noc(C)c1S(=O)(=O)NCCN1C(=O)SC(=Cc2ccc3c(cnn3Cc3ccc(Cl)cc3C(F)(F)F)c2)C1=O. The number of thioether (sulfide) groups is 1. The van der Waals surface area contributed by atoms with Gasteiger partial charge < -0.3 is 4.52 Å². The van der Waals surface area contributed by atoms with Crippen molar-refractivity contribution in [3.63, 3.8) is 0 Å². The Morgan fingerprint density at radius 2 is 1.90 bits per heavy atom. The minimum absolute atomic E-state index is 0.00337. The maximum absolute atomic E-state index is 13.5. The number of halogens is 4. The largest absolute Gasteiger partial charge is 0.416 e. The Labute approximate surface area is 246 Å². The van der Waals surface area contributed by atoms with Gasteiger partial charge >= 0.3 is 6.18 Å². The van der Waals surface area contributed by atoms with E-state index in [1.807, 2.05) is 0 Å². The number of hydrogen-bond donors (Lipinski definition) is 1. The number of carbonyl (C=O) groups is 2. The minimum Gasteiger partial charge on any atom is -0.360 e. The van der Waals surface area contributed by atoms with E-state index in [-0.39, 0.29) is 51.5 Å². The molecule has 220 valence electrons. The van der Waals surface area contributed by atoms with Crippen LogP contribution in [0.15, 0.2) is 56.9 Å². The Morgan fingerprint density at radius 3 is 2.60 bits per heavy atom. The molecule has 42 heavy (non-hydrogen) atoms. The second kappa shape index (κ2) is 11.2. The van der Waals surface area contributed by atoms with Crippen LogP contribution in [0.5, 0.6) is 0 Å². The number of benzene rings is 2. The maximum atomic E-state index is 13.5. The number of hydrogen-bond acceptors (Lipinski definition) is 8. The van der Waals surface area contributed by atoms with Crippen molar-refractivity contribution in [1.29, 1.82) is 0 Å². The van der Waals surface area contributed by atoms with E-state index in [1.54, 1.807) is 18.2 Å². The number of nitrogens with one attached hydrogen (secondary N) is 1. The molecule has 0 atom stereocenters. The van der Waals surface area contributed by atoms with Gasteiger partial charge in [-0.05, 0) is 67.1 Å². The summed E-state index contributed by atoms with van der Waals surface area (Å²) in [5, 5.41) is 7.88. The number of carbonyl (C=O) groups excluding carboxylic acids is 2. The summed E-state index contributed by atoms with van der Waals surface area (Å²) in [4.78, 5) is 26.4. The van der Waals surface area contributed by atoms with Crippen molar-refractivity contribution in [2.75, 3.05) is 13.1 Å². The number of sulfonamides is 1. The Hall–Kier alpha value is -3.66. The molecule has 2 amide bonds. The van der Waals surface area contributed by atoms with Crippen LogP contribution in [0.3, 0.4) is 0 Å². The fourth-order valence-electron chi connectivity index (χ4n) is 4.50. The molecule has 0 unspecified atom stereocenters. The number of aromatic nitrogens is 3. The molecule has 1 fully saturated rings. The molecule has 0 saturated carbocycles. The lowest BCUT2D eigenvalue weighted by Crippen LogP contribution is -2.37. The lowest BCUT2D eigenvalue weighted by molar-refractivity contribution is -0.138. The Bertz CT molecular complexity index is 1850. The number of imide groups is 1. The monoisotopic (exact) mass is 639 g/mol. The highest BCUT2D eigenvalue weighted by Crippen LogP contribution is 2.35. The van der Waals surface area contributed by atoms with Crippen LogP contribution in [0, 0.1) is 13.8 Å². The van der Waals surface area contributed by atoms with Gasteiger partial charge in [-0.25, -0.2) is 13.1 Å². The fraction of sp³-hybridized carbons (Fsp3) is 0.231. The van der Waals surface area contributed by atoms with E-state index in [9.17, 15) is 31.2 Å². The number of amides is 2. The summed E-state index contributed by atoms with van der Waals surface area (Å²) in [5.41, 5.74) is 0.474. The van der Waals surface area contributed by atoms with E-state index in [0.29, 0.717) is 28.2 Å². The topological polar surface area (TPSA) is 127 Å².